The van der Waals surface area contributed by atoms with Crippen molar-refractivity contribution in [1.82, 2.24) is 9.78 Å². The van der Waals surface area contributed by atoms with Crippen molar-refractivity contribution in [2.24, 2.45) is 5.92 Å². The van der Waals surface area contributed by atoms with Crippen molar-refractivity contribution in [3.8, 4) is 0 Å². The molecule has 22 heavy (non-hydrogen) atoms. The molecule has 9 heteroatoms. The summed E-state index contributed by atoms with van der Waals surface area (Å²) in [6.45, 7) is -0.509. The molecule has 0 amide bonds. The van der Waals surface area contributed by atoms with Gasteiger partial charge in [0.05, 0.1) is 12.2 Å². The summed E-state index contributed by atoms with van der Waals surface area (Å²) < 4.78 is 66.8. The number of carboxylic acid groups (broad SMARTS) is 1. The zero-order chi connectivity index (χ0) is 16.3. The van der Waals surface area contributed by atoms with Crippen molar-refractivity contribution in [1.29, 1.82) is 0 Å². The Hall–Kier alpha value is -1.67. The number of carboxylic acids is 1. The van der Waals surface area contributed by atoms with E-state index in [0.717, 1.165) is 0 Å². The summed E-state index contributed by atoms with van der Waals surface area (Å²) >= 11 is 0. The summed E-state index contributed by atoms with van der Waals surface area (Å²) in [5.74, 6) is -6.37. The number of hydrogen-bond donors (Lipinski definition) is 1. The Kier molecular flexibility index (Phi) is 3.23. The van der Waals surface area contributed by atoms with E-state index in [1.54, 1.807) is 0 Å². The van der Waals surface area contributed by atoms with Crippen LogP contribution in [0.3, 0.4) is 0 Å². The first-order chi connectivity index (χ1) is 10.1. The quantitative estimate of drug-likeness (QED) is 0.862. The number of carbonyl (C=O) groups is 1. The monoisotopic (exact) mass is 324 g/mol. The average molecular weight is 324 g/mol. The third kappa shape index (κ3) is 2.46. The van der Waals surface area contributed by atoms with Gasteiger partial charge in [-0.1, -0.05) is 0 Å². The fourth-order valence-corrected chi connectivity index (χ4v) is 2.75. The van der Waals surface area contributed by atoms with Gasteiger partial charge in [0.15, 0.2) is 5.69 Å². The van der Waals surface area contributed by atoms with Crippen LogP contribution < -0.4 is 0 Å². The fraction of sp³-hybridized carbons (Fsp3) is 0.692. The van der Waals surface area contributed by atoms with Crippen molar-refractivity contribution >= 4 is 5.97 Å². The van der Waals surface area contributed by atoms with Crippen LogP contribution in [0, 0.1) is 5.92 Å². The van der Waals surface area contributed by atoms with Gasteiger partial charge in [-0.05, 0) is 19.3 Å². The zero-order valence-corrected chi connectivity index (χ0v) is 11.3. The van der Waals surface area contributed by atoms with Gasteiger partial charge in [0, 0.05) is 18.3 Å². The molecule has 2 aliphatic carbocycles. The maximum Gasteiger partial charge on any atom is 0.420 e. The minimum Gasteiger partial charge on any atom is -0.477 e. The van der Waals surface area contributed by atoms with Crippen LogP contribution in [0.25, 0.3) is 0 Å². The van der Waals surface area contributed by atoms with Gasteiger partial charge in [0.25, 0.3) is 5.92 Å². The van der Waals surface area contributed by atoms with E-state index in [1.807, 2.05) is 0 Å². The Morgan fingerprint density at radius 3 is 2.32 bits per heavy atom. The van der Waals surface area contributed by atoms with Crippen LogP contribution in [-0.4, -0.2) is 26.8 Å². The minimum atomic E-state index is -4.87. The molecule has 2 saturated carbocycles. The summed E-state index contributed by atoms with van der Waals surface area (Å²) in [6, 6.07) is 0. The van der Waals surface area contributed by atoms with E-state index in [4.69, 9.17) is 5.11 Å². The molecule has 0 bridgehead atoms. The molecule has 0 aromatic carbocycles. The van der Waals surface area contributed by atoms with E-state index in [0.29, 0.717) is 17.5 Å². The third-order valence-electron chi connectivity index (χ3n) is 4.25. The number of hydrogen-bond acceptors (Lipinski definition) is 2. The van der Waals surface area contributed by atoms with Gasteiger partial charge in [-0.2, -0.15) is 18.3 Å². The molecule has 3 rings (SSSR count). The van der Waals surface area contributed by atoms with Crippen LogP contribution in [0.4, 0.5) is 22.0 Å². The number of aromatic carboxylic acids is 1. The Morgan fingerprint density at radius 2 is 1.95 bits per heavy atom. The van der Waals surface area contributed by atoms with E-state index in [-0.39, 0.29) is 18.5 Å². The van der Waals surface area contributed by atoms with Gasteiger partial charge < -0.3 is 5.11 Å². The Morgan fingerprint density at radius 1 is 1.32 bits per heavy atom. The van der Waals surface area contributed by atoms with Gasteiger partial charge in [0.2, 0.25) is 0 Å². The number of aromatic nitrogens is 2. The largest absolute Gasteiger partial charge is 0.477 e. The standard InChI is InChI=1S/C13H13F5N2O2/c14-12(15)4-3-7(12)5-20-10(11(21)22)8(13(16,17)18)9(19-20)6-1-2-6/h6-7H,1-5H2,(H,21,22). The minimum absolute atomic E-state index is 0.145. The lowest BCUT2D eigenvalue weighted by molar-refractivity contribution is -0.140. The van der Waals surface area contributed by atoms with Crippen LogP contribution in [0.2, 0.25) is 0 Å². The maximum absolute atomic E-state index is 13.3. The van der Waals surface area contributed by atoms with E-state index >= 15 is 0 Å². The summed E-state index contributed by atoms with van der Waals surface area (Å²) in [4.78, 5) is 11.2. The van der Waals surface area contributed by atoms with Gasteiger partial charge >= 0.3 is 12.1 Å². The highest BCUT2D eigenvalue weighted by Gasteiger charge is 2.50. The normalized spacial score (nSPS) is 24.1. The van der Waals surface area contributed by atoms with Crippen LogP contribution in [0.1, 0.15) is 53.3 Å². The van der Waals surface area contributed by atoms with Crippen molar-refractivity contribution < 1.29 is 31.9 Å². The molecule has 0 saturated heterocycles. The highest BCUT2D eigenvalue weighted by molar-refractivity contribution is 5.88. The molecule has 1 unspecified atom stereocenters. The van der Waals surface area contributed by atoms with Crippen LogP contribution in [-0.2, 0) is 12.7 Å². The molecule has 1 aromatic heterocycles. The van der Waals surface area contributed by atoms with Crippen molar-refractivity contribution in [2.75, 3.05) is 0 Å². The molecule has 2 aliphatic rings. The summed E-state index contributed by atoms with van der Waals surface area (Å²) in [5, 5.41) is 12.8. The first-order valence-corrected chi connectivity index (χ1v) is 6.90. The Balaban J connectivity index is 2.04. The predicted molar refractivity (Wildman–Crippen MR) is 63.8 cm³/mol. The Bertz CT molecular complexity index is 619. The molecule has 0 aliphatic heterocycles. The predicted octanol–water partition coefficient (Wildman–Crippen LogP) is 3.52. The molecular formula is C13H13F5N2O2. The lowest BCUT2D eigenvalue weighted by Crippen LogP contribution is -2.41. The molecule has 4 nitrogen and oxygen atoms in total. The second kappa shape index (κ2) is 4.66. The first-order valence-electron chi connectivity index (χ1n) is 6.90. The summed E-state index contributed by atoms with van der Waals surface area (Å²) in [5.41, 5.74) is -2.64. The molecular weight excluding hydrogens is 311 g/mol. The molecule has 1 N–H and O–H groups in total. The second-order valence-electron chi connectivity index (χ2n) is 5.86. The lowest BCUT2D eigenvalue weighted by Gasteiger charge is -2.36. The van der Waals surface area contributed by atoms with E-state index in [1.165, 1.54) is 0 Å². The number of alkyl halides is 5. The van der Waals surface area contributed by atoms with Gasteiger partial charge in [-0.3, -0.25) is 4.68 Å². The van der Waals surface area contributed by atoms with E-state index in [9.17, 15) is 26.7 Å². The van der Waals surface area contributed by atoms with Crippen molar-refractivity contribution in [2.45, 2.75) is 50.2 Å². The van der Waals surface area contributed by atoms with Crippen molar-refractivity contribution in [3.63, 3.8) is 0 Å². The number of nitrogens with zero attached hydrogens (tertiary/aromatic N) is 2. The van der Waals surface area contributed by atoms with Crippen LogP contribution in [0.5, 0.6) is 0 Å². The smallest absolute Gasteiger partial charge is 0.420 e. The topological polar surface area (TPSA) is 55.1 Å². The third-order valence-corrected chi connectivity index (χ3v) is 4.25. The van der Waals surface area contributed by atoms with Gasteiger partial charge in [-0.25, -0.2) is 13.6 Å². The first kappa shape index (κ1) is 15.2. The van der Waals surface area contributed by atoms with Gasteiger partial charge in [0.1, 0.15) is 5.56 Å². The molecule has 1 atom stereocenters. The lowest BCUT2D eigenvalue weighted by atomic mass is 9.81. The van der Waals surface area contributed by atoms with E-state index in [2.05, 4.69) is 5.10 Å². The maximum atomic E-state index is 13.3. The highest BCUT2D eigenvalue weighted by Crippen LogP contribution is 2.48. The summed E-state index contributed by atoms with van der Waals surface area (Å²) in [7, 11) is 0. The average Bonchev–Trinajstić information content (AvgIpc) is 3.14. The fourth-order valence-electron chi connectivity index (χ4n) is 2.75. The second-order valence-corrected chi connectivity index (χ2v) is 5.86. The molecule has 1 aromatic rings. The SMILES string of the molecule is O=C(O)c1c(C(F)(F)F)c(C2CC2)nn1CC1CCC1(F)F. The number of rotatable bonds is 4. The molecule has 2 fully saturated rings. The van der Waals surface area contributed by atoms with Crippen molar-refractivity contribution in [3.05, 3.63) is 17.0 Å². The van der Waals surface area contributed by atoms with Gasteiger partial charge in [-0.15, -0.1) is 0 Å². The molecule has 0 radical (unpaired) electrons. The zero-order valence-electron chi connectivity index (χ0n) is 11.3. The van der Waals surface area contributed by atoms with Crippen LogP contribution >= 0.6 is 0 Å². The summed E-state index contributed by atoms with van der Waals surface area (Å²) in [6.07, 6.45) is -4.06. The Labute approximate surface area is 121 Å². The molecule has 1 heterocycles. The van der Waals surface area contributed by atoms with Crippen LogP contribution in [0.15, 0.2) is 0 Å². The molecule has 0 spiro atoms. The number of halogens is 5. The molecule has 122 valence electrons. The van der Waals surface area contributed by atoms with E-state index < -0.39 is 47.7 Å². The highest BCUT2D eigenvalue weighted by atomic mass is 19.4.